The maximum Gasteiger partial charge on any atom is 0.320 e. The Labute approximate surface area is 89.4 Å². The predicted molar refractivity (Wildman–Crippen MR) is 55.5 cm³/mol. The van der Waals surface area contributed by atoms with Crippen molar-refractivity contribution in [1.82, 2.24) is 10.2 Å². The van der Waals surface area contributed by atoms with Crippen molar-refractivity contribution in [2.24, 2.45) is 0 Å². The summed E-state index contributed by atoms with van der Waals surface area (Å²) in [5.74, 6) is -0.774. The van der Waals surface area contributed by atoms with Crippen molar-refractivity contribution >= 4 is 11.9 Å². The van der Waals surface area contributed by atoms with Gasteiger partial charge in [0, 0.05) is 26.1 Å². The van der Waals surface area contributed by atoms with E-state index in [1.165, 1.54) is 0 Å². The van der Waals surface area contributed by atoms with Gasteiger partial charge in [0.15, 0.2) is 0 Å². The van der Waals surface area contributed by atoms with Gasteiger partial charge in [0.05, 0.1) is 0 Å². The van der Waals surface area contributed by atoms with Crippen molar-refractivity contribution < 1.29 is 14.7 Å². The summed E-state index contributed by atoms with van der Waals surface area (Å²) in [6.45, 7) is 3.69. The number of carbonyl (C=O) groups is 2. The Morgan fingerprint density at radius 3 is 2.93 bits per heavy atom. The number of rotatable bonds is 4. The van der Waals surface area contributed by atoms with E-state index >= 15 is 0 Å². The molecule has 0 bridgehead atoms. The first-order valence-electron chi connectivity index (χ1n) is 5.38. The predicted octanol–water partition coefficient (Wildman–Crippen LogP) is 0.0616. The summed E-state index contributed by atoms with van der Waals surface area (Å²) in [5, 5.41) is 11.8. The number of nitrogens with one attached hydrogen (secondary N) is 1. The number of carboxylic acids is 1. The lowest BCUT2D eigenvalue weighted by Crippen LogP contribution is -2.42. The zero-order chi connectivity index (χ0) is 11.3. The average Bonchev–Trinajstić information content (AvgIpc) is 2.39. The van der Waals surface area contributed by atoms with E-state index in [9.17, 15) is 9.59 Å². The minimum atomic E-state index is -0.786. The molecule has 0 saturated carbocycles. The van der Waals surface area contributed by atoms with E-state index in [0.29, 0.717) is 32.5 Å². The van der Waals surface area contributed by atoms with Crippen LogP contribution in [0.5, 0.6) is 0 Å². The van der Waals surface area contributed by atoms with Gasteiger partial charge in [0.1, 0.15) is 6.04 Å². The molecule has 0 aromatic carbocycles. The summed E-state index contributed by atoms with van der Waals surface area (Å²) in [7, 11) is 0. The van der Waals surface area contributed by atoms with Crippen LogP contribution >= 0.6 is 0 Å². The van der Waals surface area contributed by atoms with Crippen molar-refractivity contribution in [2.75, 3.05) is 19.6 Å². The minimum Gasteiger partial charge on any atom is -0.480 e. The number of carbonyl (C=O) groups excluding carboxylic acids is 1. The molecular formula is C10H18N2O3. The van der Waals surface area contributed by atoms with Gasteiger partial charge in [-0.3, -0.25) is 14.5 Å². The van der Waals surface area contributed by atoms with Crippen LogP contribution in [0.4, 0.5) is 0 Å². The van der Waals surface area contributed by atoms with Crippen LogP contribution in [0.25, 0.3) is 0 Å². The van der Waals surface area contributed by atoms with E-state index in [4.69, 9.17) is 5.11 Å². The fourth-order valence-corrected chi connectivity index (χ4v) is 1.83. The second-order valence-electron chi connectivity index (χ2n) is 3.78. The molecule has 1 atom stereocenters. The molecule has 2 N–H and O–H groups in total. The van der Waals surface area contributed by atoms with Crippen molar-refractivity contribution in [2.45, 2.75) is 32.2 Å². The molecule has 0 aromatic heterocycles. The van der Waals surface area contributed by atoms with Crippen LogP contribution < -0.4 is 5.32 Å². The summed E-state index contributed by atoms with van der Waals surface area (Å²) in [5.41, 5.74) is 0. The summed E-state index contributed by atoms with van der Waals surface area (Å²) >= 11 is 0. The van der Waals surface area contributed by atoms with Crippen LogP contribution in [0, 0.1) is 0 Å². The van der Waals surface area contributed by atoms with E-state index in [0.717, 1.165) is 6.42 Å². The molecule has 1 heterocycles. The molecule has 1 rings (SSSR count). The van der Waals surface area contributed by atoms with Gasteiger partial charge >= 0.3 is 5.97 Å². The van der Waals surface area contributed by atoms with Crippen molar-refractivity contribution in [1.29, 1.82) is 0 Å². The molecular weight excluding hydrogens is 196 g/mol. The average molecular weight is 214 g/mol. The van der Waals surface area contributed by atoms with Gasteiger partial charge in [-0.25, -0.2) is 0 Å². The number of aliphatic carboxylic acids is 1. The van der Waals surface area contributed by atoms with Gasteiger partial charge in [0.25, 0.3) is 0 Å². The van der Waals surface area contributed by atoms with Crippen LogP contribution in [-0.2, 0) is 9.59 Å². The number of hydrogen-bond donors (Lipinski definition) is 2. The lowest BCUT2D eigenvalue weighted by atomic mass is 10.1. The number of amides is 1. The zero-order valence-corrected chi connectivity index (χ0v) is 9.03. The maximum absolute atomic E-state index is 11.1. The largest absolute Gasteiger partial charge is 0.480 e. The van der Waals surface area contributed by atoms with Gasteiger partial charge in [-0.1, -0.05) is 13.3 Å². The Morgan fingerprint density at radius 2 is 2.33 bits per heavy atom. The topological polar surface area (TPSA) is 69.6 Å². The fraction of sp³-hybridized carbons (Fsp3) is 0.800. The highest BCUT2D eigenvalue weighted by molar-refractivity contribution is 5.77. The van der Waals surface area contributed by atoms with E-state index in [2.05, 4.69) is 5.32 Å². The minimum absolute atomic E-state index is 0.0122. The third kappa shape index (κ3) is 3.51. The SMILES string of the molecule is CCCC(C(=O)O)N1CCNC(=O)CC1. The van der Waals surface area contributed by atoms with E-state index in [1.807, 2.05) is 11.8 Å². The zero-order valence-electron chi connectivity index (χ0n) is 9.03. The molecule has 1 aliphatic rings. The third-order valence-corrected chi connectivity index (χ3v) is 2.64. The fourth-order valence-electron chi connectivity index (χ4n) is 1.83. The first kappa shape index (κ1) is 12.0. The first-order valence-corrected chi connectivity index (χ1v) is 5.38. The van der Waals surface area contributed by atoms with Crippen LogP contribution in [0.1, 0.15) is 26.2 Å². The Bertz CT molecular complexity index is 243. The van der Waals surface area contributed by atoms with Crippen molar-refractivity contribution in [3.8, 4) is 0 Å². The molecule has 0 spiro atoms. The summed E-state index contributed by atoms with van der Waals surface area (Å²) in [4.78, 5) is 24.0. The Morgan fingerprint density at radius 1 is 1.60 bits per heavy atom. The van der Waals surface area contributed by atoms with Gasteiger partial charge in [0.2, 0.25) is 5.91 Å². The Hall–Kier alpha value is -1.10. The van der Waals surface area contributed by atoms with Crippen LogP contribution in [0.15, 0.2) is 0 Å². The van der Waals surface area contributed by atoms with Crippen molar-refractivity contribution in [3.63, 3.8) is 0 Å². The summed E-state index contributed by atoms with van der Waals surface area (Å²) < 4.78 is 0. The first-order chi connectivity index (χ1) is 7.15. The molecule has 0 radical (unpaired) electrons. The Kier molecular flexibility index (Phi) is 4.55. The number of hydrogen-bond acceptors (Lipinski definition) is 3. The van der Waals surface area contributed by atoms with Gasteiger partial charge < -0.3 is 10.4 Å². The number of carboxylic acid groups (broad SMARTS) is 1. The quantitative estimate of drug-likeness (QED) is 0.694. The molecule has 0 aromatic rings. The molecule has 86 valence electrons. The molecule has 1 aliphatic heterocycles. The normalized spacial score (nSPS) is 20.5. The molecule has 5 nitrogen and oxygen atoms in total. The van der Waals surface area contributed by atoms with Crippen LogP contribution in [0.3, 0.4) is 0 Å². The lowest BCUT2D eigenvalue weighted by molar-refractivity contribution is -0.143. The van der Waals surface area contributed by atoms with Crippen LogP contribution in [0.2, 0.25) is 0 Å². The smallest absolute Gasteiger partial charge is 0.320 e. The maximum atomic E-state index is 11.1. The highest BCUT2D eigenvalue weighted by atomic mass is 16.4. The molecule has 15 heavy (non-hydrogen) atoms. The van der Waals surface area contributed by atoms with E-state index in [1.54, 1.807) is 0 Å². The number of nitrogens with zero attached hydrogens (tertiary/aromatic N) is 1. The molecule has 0 aliphatic carbocycles. The second-order valence-corrected chi connectivity index (χ2v) is 3.78. The molecule has 5 heteroatoms. The molecule has 1 unspecified atom stereocenters. The standard InChI is InChI=1S/C10H18N2O3/c1-2-3-8(10(14)15)12-6-4-9(13)11-5-7-12/h8H,2-7H2,1H3,(H,11,13)(H,14,15). The second kappa shape index (κ2) is 5.70. The van der Waals surface area contributed by atoms with Crippen molar-refractivity contribution in [3.05, 3.63) is 0 Å². The molecule has 1 amide bonds. The van der Waals surface area contributed by atoms with Gasteiger partial charge in [-0.05, 0) is 6.42 Å². The van der Waals surface area contributed by atoms with Gasteiger partial charge in [-0.15, -0.1) is 0 Å². The summed E-state index contributed by atoms with van der Waals surface area (Å²) in [6.07, 6.45) is 1.88. The third-order valence-electron chi connectivity index (χ3n) is 2.64. The molecule has 1 fully saturated rings. The Balaban J connectivity index is 2.58. The van der Waals surface area contributed by atoms with E-state index in [-0.39, 0.29) is 5.91 Å². The van der Waals surface area contributed by atoms with Crippen LogP contribution in [-0.4, -0.2) is 47.6 Å². The molecule has 1 saturated heterocycles. The van der Waals surface area contributed by atoms with Gasteiger partial charge in [-0.2, -0.15) is 0 Å². The highest BCUT2D eigenvalue weighted by Gasteiger charge is 2.26. The summed E-state index contributed by atoms with van der Waals surface area (Å²) in [6, 6.07) is -0.442. The monoisotopic (exact) mass is 214 g/mol. The lowest BCUT2D eigenvalue weighted by Gasteiger charge is -2.26. The van der Waals surface area contributed by atoms with E-state index < -0.39 is 12.0 Å². The highest BCUT2D eigenvalue weighted by Crippen LogP contribution is 2.09.